The van der Waals surface area contributed by atoms with Crippen LogP contribution in [0.4, 0.5) is 5.82 Å². The Labute approximate surface area is 170 Å². The van der Waals surface area contributed by atoms with Gasteiger partial charge in [-0.3, -0.25) is 9.67 Å². The highest BCUT2D eigenvalue weighted by Gasteiger charge is 2.40. The monoisotopic (exact) mass is 394 g/mol. The van der Waals surface area contributed by atoms with Crippen molar-refractivity contribution < 1.29 is 9.47 Å². The average molecular weight is 394 g/mol. The van der Waals surface area contributed by atoms with Crippen LogP contribution in [0.15, 0.2) is 36.8 Å². The molecule has 0 radical (unpaired) electrons. The summed E-state index contributed by atoms with van der Waals surface area (Å²) in [6.07, 6.45) is 7.72. The number of anilines is 1. The Morgan fingerprint density at radius 1 is 1.31 bits per heavy atom. The maximum absolute atomic E-state index is 5.92. The third-order valence-electron chi connectivity index (χ3n) is 5.08. The largest absolute Gasteiger partial charge is 0.495 e. The van der Waals surface area contributed by atoms with Crippen LogP contribution in [0.2, 0.25) is 0 Å². The lowest BCUT2D eigenvalue weighted by Gasteiger charge is -2.10. The first-order chi connectivity index (χ1) is 14.1. The van der Waals surface area contributed by atoms with Crippen molar-refractivity contribution in [1.82, 2.24) is 24.7 Å². The van der Waals surface area contributed by atoms with Gasteiger partial charge in [0.25, 0.3) is 0 Å². The number of nitrogens with one attached hydrogen (secondary N) is 1. The molecule has 1 aliphatic carbocycles. The van der Waals surface area contributed by atoms with Crippen molar-refractivity contribution in [2.24, 2.45) is 13.0 Å². The van der Waals surface area contributed by atoms with Crippen LogP contribution in [0.25, 0.3) is 0 Å². The van der Waals surface area contributed by atoms with Crippen LogP contribution in [-0.2, 0) is 13.6 Å². The normalized spacial score (nSPS) is 17.8. The van der Waals surface area contributed by atoms with Gasteiger partial charge in [0, 0.05) is 43.5 Å². The highest BCUT2D eigenvalue weighted by molar-refractivity contribution is 5.39. The Morgan fingerprint density at radius 2 is 2.21 bits per heavy atom. The van der Waals surface area contributed by atoms with E-state index in [-0.39, 0.29) is 0 Å². The van der Waals surface area contributed by atoms with Crippen molar-refractivity contribution in [3.63, 3.8) is 0 Å². The fraction of sp³-hybridized carbons (Fsp3) is 0.429. The van der Waals surface area contributed by atoms with Crippen molar-refractivity contribution in [1.29, 1.82) is 0 Å². The van der Waals surface area contributed by atoms with Gasteiger partial charge in [-0.05, 0) is 37.8 Å². The maximum atomic E-state index is 5.92. The number of aryl methyl sites for hydroxylation is 2. The second-order valence-corrected chi connectivity index (χ2v) is 7.34. The fourth-order valence-corrected chi connectivity index (χ4v) is 3.53. The van der Waals surface area contributed by atoms with E-state index in [9.17, 15) is 0 Å². The lowest BCUT2D eigenvalue weighted by molar-refractivity contribution is 0.289. The lowest BCUT2D eigenvalue weighted by Crippen LogP contribution is -2.06. The Bertz CT molecular complexity index is 973. The van der Waals surface area contributed by atoms with E-state index in [0.29, 0.717) is 36.7 Å². The molecule has 0 aromatic carbocycles. The molecule has 0 aliphatic heterocycles. The van der Waals surface area contributed by atoms with Gasteiger partial charge in [-0.15, -0.1) is 0 Å². The van der Waals surface area contributed by atoms with Gasteiger partial charge in [0.1, 0.15) is 17.4 Å². The Morgan fingerprint density at radius 3 is 3.00 bits per heavy atom. The van der Waals surface area contributed by atoms with Crippen molar-refractivity contribution in [2.45, 2.75) is 32.2 Å². The number of hydrogen-bond donors (Lipinski definition) is 1. The van der Waals surface area contributed by atoms with E-state index in [0.717, 1.165) is 35.7 Å². The Hall–Kier alpha value is -3.16. The molecule has 152 valence electrons. The summed E-state index contributed by atoms with van der Waals surface area (Å²) in [4.78, 5) is 13.3. The van der Waals surface area contributed by atoms with Gasteiger partial charge in [0.05, 0.1) is 25.6 Å². The molecular formula is C21H26N6O2. The molecule has 3 aromatic heterocycles. The zero-order valence-electron chi connectivity index (χ0n) is 17.0. The van der Waals surface area contributed by atoms with E-state index >= 15 is 0 Å². The minimum absolute atomic E-state index is 0.457. The van der Waals surface area contributed by atoms with Crippen LogP contribution in [0.3, 0.4) is 0 Å². The van der Waals surface area contributed by atoms with Crippen molar-refractivity contribution in [3.8, 4) is 11.6 Å². The zero-order valence-corrected chi connectivity index (χ0v) is 17.0. The SMILES string of the molecule is COc1cccnc1[C@H]1C[C@@H]1CCOc1cc(NCc2cnn(C)c2)nc(C)n1. The Balaban J connectivity index is 1.28. The molecule has 0 bridgehead atoms. The van der Waals surface area contributed by atoms with Gasteiger partial charge >= 0.3 is 0 Å². The third kappa shape index (κ3) is 4.82. The van der Waals surface area contributed by atoms with Crippen LogP contribution in [0.1, 0.15) is 35.8 Å². The highest BCUT2D eigenvalue weighted by Crippen LogP contribution is 2.51. The molecule has 3 heterocycles. The molecule has 0 amide bonds. The first-order valence-corrected chi connectivity index (χ1v) is 9.81. The summed E-state index contributed by atoms with van der Waals surface area (Å²) >= 11 is 0. The van der Waals surface area contributed by atoms with Gasteiger partial charge in [-0.25, -0.2) is 4.98 Å². The number of nitrogens with zero attached hydrogens (tertiary/aromatic N) is 5. The molecule has 1 N–H and O–H groups in total. The molecule has 2 atom stereocenters. The first-order valence-electron chi connectivity index (χ1n) is 9.81. The molecule has 1 aliphatic rings. The minimum atomic E-state index is 0.457. The van der Waals surface area contributed by atoms with Crippen molar-refractivity contribution >= 4 is 5.82 Å². The van der Waals surface area contributed by atoms with Crippen molar-refractivity contribution in [3.05, 3.63) is 53.9 Å². The molecule has 0 spiro atoms. The molecular weight excluding hydrogens is 368 g/mol. The number of aromatic nitrogens is 5. The maximum Gasteiger partial charge on any atom is 0.218 e. The summed E-state index contributed by atoms with van der Waals surface area (Å²) in [5.41, 5.74) is 2.15. The van der Waals surface area contributed by atoms with E-state index in [4.69, 9.17) is 9.47 Å². The third-order valence-corrected chi connectivity index (χ3v) is 5.08. The highest BCUT2D eigenvalue weighted by atomic mass is 16.5. The summed E-state index contributed by atoms with van der Waals surface area (Å²) in [6.45, 7) is 3.14. The molecule has 8 heteroatoms. The topological polar surface area (TPSA) is 87.0 Å². The van der Waals surface area contributed by atoms with Gasteiger partial charge in [-0.2, -0.15) is 10.1 Å². The second kappa shape index (κ2) is 8.46. The number of hydrogen-bond acceptors (Lipinski definition) is 7. The zero-order chi connectivity index (χ0) is 20.2. The lowest BCUT2D eigenvalue weighted by atomic mass is 10.1. The predicted molar refractivity (Wildman–Crippen MR) is 109 cm³/mol. The molecule has 0 unspecified atom stereocenters. The second-order valence-electron chi connectivity index (χ2n) is 7.34. The van der Waals surface area contributed by atoms with E-state index < -0.39 is 0 Å². The molecule has 1 fully saturated rings. The Kier molecular flexibility index (Phi) is 5.59. The number of ether oxygens (including phenoxy) is 2. The smallest absolute Gasteiger partial charge is 0.218 e. The van der Waals surface area contributed by atoms with Crippen LogP contribution < -0.4 is 14.8 Å². The molecule has 3 aromatic rings. The van der Waals surface area contributed by atoms with Crippen LogP contribution in [-0.4, -0.2) is 38.4 Å². The number of rotatable bonds is 9. The minimum Gasteiger partial charge on any atom is -0.495 e. The summed E-state index contributed by atoms with van der Waals surface area (Å²) in [7, 11) is 3.59. The van der Waals surface area contributed by atoms with Crippen LogP contribution >= 0.6 is 0 Å². The van der Waals surface area contributed by atoms with E-state index in [1.165, 1.54) is 0 Å². The van der Waals surface area contributed by atoms with E-state index in [2.05, 4.69) is 25.4 Å². The van der Waals surface area contributed by atoms with Crippen molar-refractivity contribution in [2.75, 3.05) is 19.0 Å². The fourth-order valence-electron chi connectivity index (χ4n) is 3.53. The molecule has 1 saturated carbocycles. The quantitative estimate of drug-likeness (QED) is 0.597. The van der Waals surface area contributed by atoms with Gasteiger partial charge in [0.15, 0.2) is 0 Å². The molecule has 29 heavy (non-hydrogen) atoms. The summed E-state index contributed by atoms with van der Waals surface area (Å²) in [5.74, 6) is 3.93. The van der Waals surface area contributed by atoms with E-state index in [1.54, 1.807) is 11.8 Å². The van der Waals surface area contributed by atoms with E-state index in [1.807, 2.05) is 50.8 Å². The first kappa shape index (κ1) is 19.2. The number of methoxy groups -OCH3 is 1. The van der Waals surface area contributed by atoms with Gasteiger partial charge in [-0.1, -0.05) is 0 Å². The van der Waals surface area contributed by atoms with Gasteiger partial charge in [0.2, 0.25) is 5.88 Å². The summed E-state index contributed by atoms with van der Waals surface area (Å²) in [5, 5.41) is 7.47. The van der Waals surface area contributed by atoms with Crippen LogP contribution in [0, 0.1) is 12.8 Å². The molecule has 8 nitrogen and oxygen atoms in total. The van der Waals surface area contributed by atoms with Gasteiger partial charge < -0.3 is 14.8 Å². The summed E-state index contributed by atoms with van der Waals surface area (Å²) < 4.78 is 13.1. The standard InChI is InChI=1S/C21H26N6O2/c1-14-25-19(23-11-15-12-24-27(2)13-15)10-20(26-14)29-8-6-16-9-17(16)21-18(28-3)5-4-7-22-21/h4-5,7,10,12-13,16-17H,6,8-9,11H2,1-3H3,(H,23,25,26)/t16-,17-/m0/s1. The predicted octanol–water partition coefficient (Wildman–Crippen LogP) is 3.11. The van der Waals surface area contributed by atoms with Crippen LogP contribution in [0.5, 0.6) is 11.6 Å². The summed E-state index contributed by atoms with van der Waals surface area (Å²) in [6, 6.07) is 5.72. The average Bonchev–Trinajstić information content (AvgIpc) is 3.36. The molecule has 4 rings (SSSR count). The number of pyridine rings is 1. The molecule has 0 saturated heterocycles.